The first kappa shape index (κ1) is 12.2. The first-order valence-electron chi connectivity index (χ1n) is 5.52. The molecule has 0 bridgehead atoms. The van der Waals surface area contributed by atoms with Gasteiger partial charge >= 0.3 is 0 Å². The Balaban J connectivity index is 2.09. The third-order valence-electron chi connectivity index (χ3n) is 2.42. The largest absolute Gasteiger partial charge is 0.340 e. The molecular formula is C12H14N4O2. The molecule has 0 aliphatic rings. The van der Waals surface area contributed by atoms with Gasteiger partial charge in [-0.25, -0.2) is 0 Å². The molecule has 2 aromatic heterocycles. The summed E-state index contributed by atoms with van der Waals surface area (Å²) in [6, 6.07) is 1.80. The van der Waals surface area contributed by atoms with E-state index in [0.29, 0.717) is 23.8 Å². The summed E-state index contributed by atoms with van der Waals surface area (Å²) in [6.45, 7) is 3.92. The molecule has 2 heterocycles. The Morgan fingerprint density at radius 3 is 2.78 bits per heavy atom. The number of pyridine rings is 1. The fourth-order valence-corrected chi connectivity index (χ4v) is 1.58. The van der Waals surface area contributed by atoms with Crippen LogP contribution >= 0.6 is 0 Å². The van der Waals surface area contributed by atoms with Crippen LogP contribution in [0.25, 0.3) is 0 Å². The van der Waals surface area contributed by atoms with Gasteiger partial charge in [-0.05, 0) is 18.6 Å². The van der Waals surface area contributed by atoms with E-state index in [-0.39, 0.29) is 5.91 Å². The minimum Gasteiger partial charge on any atom is -0.340 e. The SMILES string of the molecule is Cc1cncc(C(=O)N(C)Cc2noc(C)n2)c1. The highest BCUT2D eigenvalue weighted by molar-refractivity contribution is 5.93. The van der Waals surface area contributed by atoms with Crippen LogP contribution in [-0.2, 0) is 6.54 Å². The van der Waals surface area contributed by atoms with Crippen LogP contribution in [0.3, 0.4) is 0 Å². The molecule has 18 heavy (non-hydrogen) atoms. The topological polar surface area (TPSA) is 72.1 Å². The highest BCUT2D eigenvalue weighted by atomic mass is 16.5. The summed E-state index contributed by atoms with van der Waals surface area (Å²) in [6.07, 6.45) is 3.26. The van der Waals surface area contributed by atoms with Gasteiger partial charge in [-0.3, -0.25) is 9.78 Å². The van der Waals surface area contributed by atoms with Crippen molar-refractivity contribution in [1.29, 1.82) is 0 Å². The van der Waals surface area contributed by atoms with Crippen molar-refractivity contribution in [2.45, 2.75) is 20.4 Å². The fraction of sp³-hybridized carbons (Fsp3) is 0.333. The van der Waals surface area contributed by atoms with Crippen molar-refractivity contribution >= 4 is 5.91 Å². The molecule has 0 N–H and O–H groups in total. The van der Waals surface area contributed by atoms with Crippen LogP contribution in [0.4, 0.5) is 0 Å². The van der Waals surface area contributed by atoms with Crippen molar-refractivity contribution in [2.75, 3.05) is 7.05 Å². The number of carbonyl (C=O) groups excluding carboxylic acids is 1. The molecule has 0 spiro atoms. The summed E-state index contributed by atoms with van der Waals surface area (Å²) in [4.78, 5) is 21.7. The van der Waals surface area contributed by atoms with Crippen LogP contribution in [-0.4, -0.2) is 33.0 Å². The van der Waals surface area contributed by atoms with Gasteiger partial charge in [0.15, 0.2) is 5.82 Å². The van der Waals surface area contributed by atoms with Gasteiger partial charge in [-0.2, -0.15) is 4.98 Å². The van der Waals surface area contributed by atoms with Crippen molar-refractivity contribution in [3.63, 3.8) is 0 Å². The second kappa shape index (κ2) is 4.95. The van der Waals surface area contributed by atoms with E-state index in [2.05, 4.69) is 15.1 Å². The number of rotatable bonds is 3. The number of amides is 1. The smallest absolute Gasteiger partial charge is 0.255 e. The Morgan fingerprint density at radius 1 is 1.39 bits per heavy atom. The fourth-order valence-electron chi connectivity index (χ4n) is 1.58. The van der Waals surface area contributed by atoms with E-state index in [1.807, 2.05) is 6.92 Å². The number of aryl methyl sites for hydroxylation is 2. The molecule has 0 fully saturated rings. The molecule has 0 atom stereocenters. The lowest BCUT2D eigenvalue weighted by Crippen LogP contribution is -2.26. The number of hydrogen-bond donors (Lipinski definition) is 0. The van der Waals surface area contributed by atoms with Crippen molar-refractivity contribution < 1.29 is 9.32 Å². The first-order valence-corrected chi connectivity index (χ1v) is 5.52. The molecule has 94 valence electrons. The van der Waals surface area contributed by atoms with Gasteiger partial charge in [-0.1, -0.05) is 5.16 Å². The zero-order valence-electron chi connectivity index (χ0n) is 10.5. The molecule has 1 amide bonds. The normalized spacial score (nSPS) is 10.4. The second-order valence-electron chi connectivity index (χ2n) is 4.14. The highest BCUT2D eigenvalue weighted by Gasteiger charge is 2.14. The Morgan fingerprint density at radius 2 is 2.17 bits per heavy atom. The van der Waals surface area contributed by atoms with E-state index in [9.17, 15) is 4.79 Å². The molecule has 0 aliphatic heterocycles. The predicted octanol–water partition coefficient (Wildman–Crippen LogP) is 1.35. The lowest BCUT2D eigenvalue weighted by molar-refractivity contribution is 0.0780. The minimum atomic E-state index is -0.117. The summed E-state index contributed by atoms with van der Waals surface area (Å²) in [5.41, 5.74) is 1.50. The molecule has 0 saturated heterocycles. The molecule has 0 unspecified atom stereocenters. The molecule has 2 rings (SSSR count). The number of aromatic nitrogens is 3. The first-order chi connectivity index (χ1) is 8.56. The van der Waals surface area contributed by atoms with Gasteiger partial charge < -0.3 is 9.42 Å². The molecule has 6 nitrogen and oxygen atoms in total. The van der Waals surface area contributed by atoms with Crippen molar-refractivity contribution in [3.05, 3.63) is 41.3 Å². The number of hydrogen-bond acceptors (Lipinski definition) is 5. The van der Waals surface area contributed by atoms with Crippen LogP contribution in [0.1, 0.15) is 27.6 Å². The van der Waals surface area contributed by atoms with Gasteiger partial charge in [0, 0.05) is 26.4 Å². The maximum atomic E-state index is 12.1. The van der Waals surface area contributed by atoms with Crippen molar-refractivity contribution in [3.8, 4) is 0 Å². The Labute approximate surface area is 105 Å². The van der Waals surface area contributed by atoms with E-state index in [4.69, 9.17) is 4.52 Å². The van der Waals surface area contributed by atoms with Gasteiger partial charge in [0.05, 0.1) is 12.1 Å². The van der Waals surface area contributed by atoms with Crippen LogP contribution in [0.5, 0.6) is 0 Å². The Bertz CT molecular complexity index is 565. The Hall–Kier alpha value is -2.24. The lowest BCUT2D eigenvalue weighted by Gasteiger charge is -2.14. The van der Waals surface area contributed by atoms with Gasteiger partial charge in [0.25, 0.3) is 5.91 Å². The molecule has 0 saturated carbocycles. The van der Waals surface area contributed by atoms with Crippen LogP contribution in [0, 0.1) is 13.8 Å². The van der Waals surface area contributed by atoms with Crippen LogP contribution in [0.15, 0.2) is 23.0 Å². The third-order valence-corrected chi connectivity index (χ3v) is 2.42. The van der Waals surface area contributed by atoms with Crippen molar-refractivity contribution in [2.24, 2.45) is 0 Å². The van der Waals surface area contributed by atoms with Crippen LogP contribution < -0.4 is 0 Å². The number of nitrogens with zero attached hydrogens (tertiary/aromatic N) is 4. The summed E-state index contributed by atoms with van der Waals surface area (Å²) < 4.78 is 4.86. The maximum absolute atomic E-state index is 12.1. The molecule has 0 aromatic carbocycles. The molecule has 0 radical (unpaired) electrons. The van der Waals surface area contributed by atoms with E-state index >= 15 is 0 Å². The van der Waals surface area contributed by atoms with Gasteiger partial charge in [0.1, 0.15) is 0 Å². The Kier molecular flexibility index (Phi) is 3.36. The quantitative estimate of drug-likeness (QED) is 0.817. The van der Waals surface area contributed by atoms with E-state index in [1.54, 1.807) is 32.4 Å². The van der Waals surface area contributed by atoms with Gasteiger partial charge in [-0.15, -0.1) is 0 Å². The monoisotopic (exact) mass is 246 g/mol. The second-order valence-corrected chi connectivity index (χ2v) is 4.14. The average Bonchev–Trinajstić information content (AvgIpc) is 2.73. The molecule has 6 heteroatoms. The van der Waals surface area contributed by atoms with E-state index in [1.165, 1.54) is 4.90 Å². The van der Waals surface area contributed by atoms with E-state index in [0.717, 1.165) is 5.56 Å². The van der Waals surface area contributed by atoms with Gasteiger partial charge in [0.2, 0.25) is 5.89 Å². The number of carbonyl (C=O) groups is 1. The molecule has 0 aliphatic carbocycles. The standard InChI is InChI=1S/C12H14N4O2/c1-8-4-10(6-13-5-8)12(17)16(3)7-11-14-9(2)18-15-11/h4-6H,7H2,1-3H3. The molecule has 2 aromatic rings. The molecular weight excluding hydrogens is 232 g/mol. The van der Waals surface area contributed by atoms with Crippen molar-refractivity contribution in [1.82, 2.24) is 20.0 Å². The summed E-state index contributed by atoms with van der Waals surface area (Å²) in [5.74, 6) is 0.862. The maximum Gasteiger partial charge on any atom is 0.255 e. The summed E-state index contributed by atoms with van der Waals surface area (Å²) >= 11 is 0. The lowest BCUT2D eigenvalue weighted by atomic mass is 10.2. The summed E-state index contributed by atoms with van der Waals surface area (Å²) in [5, 5.41) is 3.75. The van der Waals surface area contributed by atoms with Crippen LogP contribution in [0.2, 0.25) is 0 Å². The zero-order valence-corrected chi connectivity index (χ0v) is 10.5. The summed E-state index contributed by atoms with van der Waals surface area (Å²) in [7, 11) is 1.69. The zero-order chi connectivity index (χ0) is 13.1. The minimum absolute atomic E-state index is 0.117. The highest BCUT2D eigenvalue weighted by Crippen LogP contribution is 2.07. The average molecular weight is 246 g/mol. The van der Waals surface area contributed by atoms with E-state index < -0.39 is 0 Å². The third kappa shape index (κ3) is 2.71. The predicted molar refractivity (Wildman–Crippen MR) is 63.8 cm³/mol.